The lowest BCUT2D eigenvalue weighted by Crippen LogP contribution is -2.38. The second-order valence-corrected chi connectivity index (χ2v) is 9.97. The van der Waals surface area contributed by atoms with E-state index in [1.165, 1.54) is 24.3 Å². The fourth-order valence-electron chi connectivity index (χ4n) is 5.06. The van der Waals surface area contributed by atoms with Crippen LogP contribution in [0.3, 0.4) is 0 Å². The maximum Gasteiger partial charge on any atom is 0.280 e. The summed E-state index contributed by atoms with van der Waals surface area (Å²) in [7, 11) is 0. The summed E-state index contributed by atoms with van der Waals surface area (Å²) in [5, 5.41) is 7.34. The molecule has 2 aromatic carbocycles. The number of amides is 2. The number of imidazole rings is 1. The highest BCUT2D eigenvalue weighted by Crippen LogP contribution is 2.33. The molecule has 0 atom stereocenters. The van der Waals surface area contributed by atoms with Crippen molar-refractivity contribution in [2.24, 2.45) is 10.9 Å². The van der Waals surface area contributed by atoms with Crippen molar-refractivity contribution in [3.05, 3.63) is 83.5 Å². The van der Waals surface area contributed by atoms with Crippen molar-refractivity contribution in [2.75, 3.05) is 0 Å². The van der Waals surface area contributed by atoms with Crippen LogP contribution in [0.4, 0.5) is 4.39 Å². The minimum Gasteiger partial charge on any atom is -0.354 e. The van der Waals surface area contributed by atoms with Crippen LogP contribution in [0.5, 0.6) is 0 Å². The predicted molar refractivity (Wildman–Crippen MR) is 138 cm³/mol. The molecule has 0 unspecified atom stereocenters. The summed E-state index contributed by atoms with van der Waals surface area (Å²) >= 11 is 0. The van der Waals surface area contributed by atoms with E-state index < -0.39 is 11.7 Å². The van der Waals surface area contributed by atoms with E-state index >= 15 is 0 Å². The molecule has 1 aliphatic carbocycles. The lowest BCUT2D eigenvalue weighted by atomic mass is 9.85. The molecule has 0 radical (unpaired) electrons. The summed E-state index contributed by atoms with van der Waals surface area (Å²) in [6.07, 6.45) is 6.79. The molecule has 0 saturated heterocycles. The summed E-state index contributed by atoms with van der Waals surface area (Å²) in [4.78, 5) is 33.3. The number of carbonyl (C=O) groups is 2. The molecule has 2 amide bonds. The first kappa shape index (κ1) is 24.7. The standard InChI is InChI=1S/C28H31FN6O2/c1-18(2)31-26(36)21-7-11-23(12-8-21)35-25-16-19(17-34-15-3-14-30-34)4-13-24(25)32-28(35)33-27(37)20-5-9-22(29)10-6-20/h3-6,9-10,13-16,18,21,23H,7-8,11-12,17H2,1-2H3,(H,31,36)(H,32,33,37)/t21-,23+. The van der Waals surface area contributed by atoms with Gasteiger partial charge in [0.25, 0.3) is 5.91 Å². The number of halogens is 1. The van der Waals surface area contributed by atoms with Crippen molar-refractivity contribution < 1.29 is 14.0 Å². The molecule has 0 bridgehead atoms. The Morgan fingerprint density at radius 2 is 1.89 bits per heavy atom. The van der Waals surface area contributed by atoms with Crippen molar-refractivity contribution in [3.8, 4) is 0 Å². The monoisotopic (exact) mass is 502 g/mol. The van der Waals surface area contributed by atoms with Crippen molar-refractivity contribution in [1.29, 1.82) is 0 Å². The smallest absolute Gasteiger partial charge is 0.280 e. The van der Waals surface area contributed by atoms with E-state index in [-0.39, 0.29) is 23.9 Å². The molecule has 8 nitrogen and oxygen atoms in total. The van der Waals surface area contributed by atoms with Crippen LogP contribution in [-0.4, -0.2) is 37.2 Å². The average Bonchev–Trinajstić information content (AvgIpc) is 3.51. The van der Waals surface area contributed by atoms with E-state index in [0.29, 0.717) is 17.7 Å². The number of nitrogens with one attached hydrogen (secondary N) is 2. The van der Waals surface area contributed by atoms with Crippen molar-refractivity contribution >= 4 is 22.8 Å². The number of hydrogen-bond acceptors (Lipinski definition) is 3. The van der Waals surface area contributed by atoms with E-state index in [0.717, 1.165) is 42.3 Å². The van der Waals surface area contributed by atoms with Crippen LogP contribution in [0.25, 0.3) is 11.0 Å². The highest BCUT2D eigenvalue weighted by atomic mass is 19.1. The molecule has 0 spiro atoms. The van der Waals surface area contributed by atoms with Crippen LogP contribution in [0.2, 0.25) is 0 Å². The summed E-state index contributed by atoms with van der Waals surface area (Å²) in [6.45, 7) is 4.56. The summed E-state index contributed by atoms with van der Waals surface area (Å²) in [5.41, 5.74) is 3.67. The molecule has 1 aliphatic rings. The van der Waals surface area contributed by atoms with Gasteiger partial charge in [-0.3, -0.25) is 14.3 Å². The molecule has 2 N–H and O–H groups in total. The maximum atomic E-state index is 13.4. The Balaban J connectivity index is 1.51. The van der Waals surface area contributed by atoms with E-state index in [2.05, 4.69) is 31.0 Å². The number of aromatic amines is 1. The van der Waals surface area contributed by atoms with Gasteiger partial charge in [-0.1, -0.05) is 6.07 Å². The number of nitrogens with zero attached hydrogens (tertiary/aromatic N) is 4. The van der Waals surface area contributed by atoms with Gasteiger partial charge in [-0.05, 0) is 87.6 Å². The fraction of sp³-hybridized carbons (Fsp3) is 0.357. The van der Waals surface area contributed by atoms with Crippen LogP contribution >= 0.6 is 0 Å². The van der Waals surface area contributed by atoms with Crippen LogP contribution in [0.15, 0.2) is 65.9 Å². The number of carbonyl (C=O) groups excluding carboxylic acids is 2. The normalized spacial score (nSPS) is 18.4. The minimum absolute atomic E-state index is 0.0129. The third-order valence-corrected chi connectivity index (χ3v) is 6.86. The zero-order chi connectivity index (χ0) is 25.9. The van der Waals surface area contributed by atoms with Crippen LogP contribution < -0.4 is 10.9 Å². The fourth-order valence-corrected chi connectivity index (χ4v) is 5.06. The van der Waals surface area contributed by atoms with Gasteiger partial charge < -0.3 is 14.9 Å². The topological polar surface area (TPSA) is 97.1 Å². The SMILES string of the molecule is CC(C)NC(=O)[C@H]1CC[C@@H](n2/c(=N/C(=O)c3ccc(F)cc3)[nH]c3ccc(Cn4cccn4)cc32)CC1. The van der Waals surface area contributed by atoms with E-state index in [1.807, 2.05) is 42.9 Å². The molecule has 2 heterocycles. The molecule has 5 rings (SSSR count). The van der Waals surface area contributed by atoms with Gasteiger partial charge in [-0.2, -0.15) is 10.1 Å². The molecule has 37 heavy (non-hydrogen) atoms. The maximum absolute atomic E-state index is 13.4. The van der Waals surface area contributed by atoms with E-state index in [4.69, 9.17) is 0 Å². The number of benzene rings is 2. The van der Waals surface area contributed by atoms with Crippen molar-refractivity contribution in [1.82, 2.24) is 24.6 Å². The first-order chi connectivity index (χ1) is 17.9. The van der Waals surface area contributed by atoms with E-state index in [9.17, 15) is 14.0 Å². The predicted octanol–water partition coefficient (Wildman–Crippen LogP) is 4.35. The Labute approximate surface area is 214 Å². The van der Waals surface area contributed by atoms with Crippen molar-refractivity contribution in [3.63, 3.8) is 0 Å². The first-order valence-electron chi connectivity index (χ1n) is 12.7. The number of aromatic nitrogens is 4. The minimum atomic E-state index is -0.443. The van der Waals surface area contributed by atoms with Crippen molar-refractivity contribution in [2.45, 2.75) is 58.2 Å². The van der Waals surface area contributed by atoms with Gasteiger partial charge in [0.05, 0.1) is 17.6 Å². The Morgan fingerprint density at radius 3 is 2.57 bits per heavy atom. The lowest BCUT2D eigenvalue weighted by molar-refractivity contribution is -0.126. The second kappa shape index (κ2) is 10.5. The summed E-state index contributed by atoms with van der Waals surface area (Å²) < 4.78 is 17.3. The zero-order valence-electron chi connectivity index (χ0n) is 21.0. The van der Waals surface area contributed by atoms with Crippen LogP contribution in [-0.2, 0) is 11.3 Å². The average molecular weight is 503 g/mol. The third-order valence-electron chi connectivity index (χ3n) is 6.86. The van der Waals surface area contributed by atoms with Gasteiger partial charge >= 0.3 is 0 Å². The van der Waals surface area contributed by atoms with Gasteiger partial charge in [0.1, 0.15) is 5.82 Å². The Kier molecular flexibility index (Phi) is 7.03. The van der Waals surface area contributed by atoms with Gasteiger partial charge in [0.2, 0.25) is 11.5 Å². The molecule has 1 saturated carbocycles. The summed E-state index contributed by atoms with van der Waals surface area (Å²) in [5.74, 6) is -0.751. The van der Waals surface area contributed by atoms with Gasteiger partial charge in [-0.15, -0.1) is 0 Å². The van der Waals surface area contributed by atoms with Gasteiger partial charge in [0.15, 0.2) is 0 Å². The number of H-pyrrole nitrogens is 1. The number of rotatable bonds is 6. The summed E-state index contributed by atoms with van der Waals surface area (Å²) in [6, 6.07) is 13.6. The lowest BCUT2D eigenvalue weighted by Gasteiger charge is -2.29. The molecule has 1 fully saturated rings. The Bertz CT molecular complexity index is 1460. The van der Waals surface area contributed by atoms with Gasteiger partial charge in [0, 0.05) is 36.0 Å². The highest BCUT2D eigenvalue weighted by molar-refractivity contribution is 5.95. The van der Waals surface area contributed by atoms with Gasteiger partial charge in [-0.25, -0.2) is 4.39 Å². The molecule has 4 aromatic rings. The van der Waals surface area contributed by atoms with Crippen LogP contribution in [0.1, 0.15) is 61.5 Å². The molecule has 2 aromatic heterocycles. The Hall–Kier alpha value is -4.01. The quantitative estimate of drug-likeness (QED) is 0.410. The third kappa shape index (κ3) is 5.55. The highest BCUT2D eigenvalue weighted by Gasteiger charge is 2.29. The molecular formula is C28H31FN6O2. The van der Waals surface area contributed by atoms with E-state index in [1.54, 1.807) is 6.20 Å². The molecule has 9 heteroatoms. The molecular weight excluding hydrogens is 471 g/mol. The second-order valence-electron chi connectivity index (χ2n) is 9.97. The Morgan fingerprint density at radius 1 is 1.14 bits per heavy atom. The number of hydrogen-bond donors (Lipinski definition) is 2. The first-order valence-corrected chi connectivity index (χ1v) is 12.7. The zero-order valence-corrected chi connectivity index (χ0v) is 21.0. The number of fused-ring (bicyclic) bond motifs is 1. The van der Waals surface area contributed by atoms with Crippen LogP contribution in [0, 0.1) is 11.7 Å². The largest absolute Gasteiger partial charge is 0.354 e. The molecule has 192 valence electrons. The molecule has 0 aliphatic heterocycles.